The quantitative estimate of drug-likeness (QED) is 0.390. The number of para-hydroxylation sites is 2. The van der Waals surface area contributed by atoms with Gasteiger partial charge in [0.05, 0.1) is 12.2 Å². The molecule has 0 radical (unpaired) electrons. The van der Waals surface area contributed by atoms with Crippen LogP contribution >= 0.6 is 24.0 Å². The maximum Gasteiger partial charge on any atom is 0.573 e. The summed E-state index contributed by atoms with van der Waals surface area (Å²) in [6, 6.07) is 11.6. The van der Waals surface area contributed by atoms with Gasteiger partial charge in [-0.1, -0.05) is 35.9 Å². The second kappa shape index (κ2) is 8.93. The van der Waals surface area contributed by atoms with Crippen molar-refractivity contribution < 1.29 is 17.9 Å². The average Bonchev–Trinajstić information content (AvgIpc) is 2.47. The number of nitrogens with one attached hydrogen (secondary N) is 1. The van der Waals surface area contributed by atoms with Crippen LogP contribution in [0, 0.1) is 13.8 Å². The number of aryl methyl sites for hydroxylation is 2. The van der Waals surface area contributed by atoms with Crippen molar-refractivity contribution in [3.8, 4) is 5.75 Å². The molecule has 2 aromatic carbocycles. The molecule has 0 saturated heterocycles. The first-order valence-corrected chi connectivity index (χ1v) is 7.22. The lowest BCUT2D eigenvalue weighted by Crippen LogP contribution is -2.24. The second-order valence-corrected chi connectivity index (χ2v) is 5.30. The van der Waals surface area contributed by atoms with E-state index >= 15 is 0 Å². The van der Waals surface area contributed by atoms with Crippen molar-refractivity contribution in [3.05, 3.63) is 59.2 Å². The Bertz CT molecular complexity index is 748. The van der Waals surface area contributed by atoms with Crippen molar-refractivity contribution in [1.29, 1.82) is 0 Å². The molecule has 0 bridgehead atoms. The Hall–Kier alpha value is -1.97. The molecule has 0 aromatic heterocycles. The summed E-state index contributed by atoms with van der Waals surface area (Å²) in [5.74, 6) is -0.358. The molecule has 3 N–H and O–H groups in total. The SMILES string of the molecule is Cc1ccc(CN=C(N)Nc2ccccc2OC(F)(F)F)c(C)c1.I. The predicted molar refractivity (Wildman–Crippen MR) is 103 cm³/mol. The minimum Gasteiger partial charge on any atom is -0.404 e. The van der Waals surface area contributed by atoms with Crippen LogP contribution in [0.2, 0.25) is 0 Å². The summed E-state index contributed by atoms with van der Waals surface area (Å²) in [5, 5.41) is 2.64. The second-order valence-electron chi connectivity index (χ2n) is 5.30. The Kier molecular flexibility index (Phi) is 7.53. The molecule has 136 valence electrons. The summed E-state index contributed by atoms with van der Waals surface area (Å²) >= 11 is 0. The zero-order valence-corrected chi connectivity index (χ0v) is 16.1. The maximum atomic E-state index is 12.4. The first-order chi connectivity index (χ1) is 11.2. The summed E-state index contributed by atoms with van der Waals surface area (Å²) in [6.07, 6.45) is -4.78. The molecule has 2 rings (SSSR count). The number of guanidine groups is 1. The van der Waals surface area contributed by atoms with Crippen LogP contribution in [0.3, 0.4) is 0 Å². The number of anilines is 1. The monoisotopic (exact) mass is 465 g/mol. The van der Waals surface area contributed by atoms with E-state index in [1.54, 1.807) is 6.07 Å². The van der Waals surface area contributed by atoms with E-state index in [0.717, 1.165) is 16.7 Å². The minimum absolute atomic E-state index is 0. The van der Waals surface area contributed by atoms with Gasteiger partial charge in [0.15, 0.2) is 11.7 Å². The van der Waals surface area contributed by atoms with Crippen LogP contribution < -0.4 is 15.8 Å². The molecule has 0 heterocycles. The third kappa shape index (κ3) is 6.81. The van der Waals surface area contributed by atoms with Gasteiger partial charge in [0.25, 0.3) is 0 Å². The van der Waals surface area contributed by atoms with E-state index in [1.165, 1.54) is 18.2 Å². The molecule has 0 spiro atoms. The van der Waals surface area contributed by atoms with Crippen LogP contribution in [-0.4, -0.2) is 12.3 Å². The van der Waals surface area contributed by atoms with Gasteiger partial charge < -0.3 is 15.8 Å². The fourth-order valence-electron chi connectivity index (χ4n) is 2.15. The largest absolute Gasteiger partial charge is 0.573 e. The van der Waals surface area contributed by atoms with E-state index in [4.69, 9.17) is 5.73 Å². The number of hydrogen-bond donors (Lipinski definition) is 2. The summed E-state index contributed by atoms with van der Waals surface area (Å²) in [6.45, 7) is 4.29. The summed E-state index contributed by atoms with van der Waals surface area (Å²) in [4.78, 5) is 4.16. The van der Waals surface area contributed by atoms with E-state index < -0.39 is 6.36 Å². The van der Waals surface area contributed by atoms with E-state index in [9.17, 15) is 13.2 Å². The van der Waals surface area contributed by atoms with E-state index in [0.29, 0.717) is 6.54 Å². The fourth-order valence-corrected chi connectivity index (χ4v) is 2.15. The normalized spacial score (nSPS) is 11.6. The zero-order valence-electron chi connectivity index (χ0n) is 13.7. The topological polar surface area (TPSA) is 59.6 Å². The number of rotatable bonds is 4. The maximum absolute atomic E-state index is 12.4. The van der Waals surface area contributed by atoms with Gasteiger partial charge in [-0.25, -0.2) is 4.99 Å². The van der Waals surface area contributed by atoms with E-state index in [-0.39, 0.29) is 41.4 Å². The van der Waals surface area contributed by atoms with Crippen molar-refractivity contribution in [3.63, 3.8) is 0 Å². The van der Waals surface area contributed by atoms with E-state index in [2.05, 4.69) is 15.0 Å². The van der Waals surface area contributed by atoms with Crippen molar-refractivity contribution in [1.82, 2.24) is 0 Å². The van der Waals surface area contributed by atoms with Gasteiger partial charge in [-0.2, -0.15) is 0 Å². The Labute approximate surface area is 161 Å². The number of aliphatic imine (C=N–C) groups is 1. The lowest BCUT2D eigenvalue weighted by Gasteiger charge is -2.14. The molecule has 25 heavy (non-hydrogen) atoms. The van der Waals surface area contributed by atoms with E-state index in [1.807, 2.05) is 32.0 Å². The van der Waals surface area contributed by atoms with Crippen LogP contribution in [0.15, 0.2) is 47.5 Å². The highest BCUT2D eigenvalue weighted by atomic mass is 127. The molecule has 8 heteroatoms. The minimum atomic E-state index is -4.78. The van der Waals surface area contributed by atoms with Gasteiger partial charge in [-0.05, 0) is 37.1 Å². The lowest BCUT2D eigenvalue weighted by molar-refractivity contribution is -0.274. The number of benzene rings is 2. The summed E-state index contributed by atoms with van der Waals surface area (Å²) < 4.78 is 41.1. The van der Waals surface area contributed by atoms with Gasteiger partial charge in [0.1, 0.15) is 0 Å². The van der Waals surface area contributed by atoms with Crippen LogP contribution in [0.4, 0.5) is 18.9 Å². The molecule has 0 atom stereocenters. The number of alkyl halides is 3. The number of nitrogens with zero attached hydrogens (tertiary/aromatic N) is 1. The molecular formula is C17H19F3IN3O. The smallest absolute Gasteiger partial charge is 0.404 e. The van der Waals surface area contributed by atoms with Crippen molar-refractivity contribution >= 4 is 35.6 Å². The lowest BCUT2D eigenvalue weighted by atomic mass is 10.1. The van der Waals surface area contributed by atoms with Crippen LogP contribution in [0.1, 0.15) is 16.7 Å². The highest BCUT2D eigenvalue weighted by molar-refractivity contribution is 14.0. The Balaban J connectivity index is 0.00000312. The van der Waals surface area contributed by atoms with Gasteiger partial charge in [-0.15, -0.1) is 37.1 Å². The Morgan fingerprint density at radius 1 is 1.16 bits per heavy atom. The van der Waals surface area contributed by atoms with Crippen molar-refractivity contribution in [2.45, 2.75) is 26.8 Å². The van der Waals surface area contributed by atoms with Gasteiger partial charge in [-0.3, -0.25) is 0 Å². The molecule has 4 nitrogen and oxygen atoms in total. The number of halogens is 4. The highest BCUT2D eigenvalue weighted by Gasteiger charge is 2.32. The summed E-state index contributed by atoms with van der Waals surface area (Å²) in [7, 11) is 0. The molecule has 0 unspecified atom stereocenters. The van der Waals surface area contributed by atoms with Crippen molar-refractivity contribution in [2.24, 2.45) is 10.7 Å². The van der Waals surface area contributed by atoms with Gasteiger partial charge in [0.2, 0.25) is 0 Å². The molecule has 0 saturated carbocycles. The zero-order chi connectivity index (χ0) is 17.7. The summed E-state index contributed by atoms with van der Waals surface area (Å²) in [5.41, 5.74) is 9.07. The molecule has 0 fully saturated rings. The number of nitrogens with two attached hydrogens (primary N) is 1. The number of ether oxygens (including phenoxy) is 1. The fraction of sp³-hybridized carbons (Fsp3) is 0.235. The molecule has 0 aliphatic rings. The van der Waals surface area contributed by atoms with Crippen LogP contribution in [-0.2, 0) is 6.54 Å². The predicted octanol–water partition coefficient (Wildman–Crippen LogP) is 4.75. The molecule has 0 amide bonds. The van der Waals surface area contributed by atoms with Crippen molar-refractivity contribution in [2.75, 3.05) is 5.32 Å². The highest BCUT2D eigenvalue weighted by Crippen LogP contribution is 2.29. The average molecular weight is 465 g/mol. The molecule has 0 aliphatic heterocycles. The first-order valence-electron chi connectivity index (χ1n) is 7.22. The molecule has 0 aliphatic carbocycles. The van der Waals surface area contributed by atoms with Gasteiger partial charge in [0, 0.05) is 0 Å². The van der Waals surface area contributed by atoms with Crippen LogP contribution in [0.5, 0.6) is 5.75 Å². The third-order valence-corrected chi connectivity index (χ3v) is 3.29. The first kappa shape index (κ1) is 21.1. The third-order valence-electron chi connectivity index (χ3n) is 3.29. The molecular weight excluding hydrogens is 446 g/mol. The Morgan fingerprint density at radius 3 is 2.48 bits per heavy atom. The number of hydrogen-bond acceptors (Lipinski definition) is 2. The molecule has 2 aromatic rings. The Morgan fingerprint density at radius 2 is 1.84 bits per heavy atom. The van der Waals surface area contributed by atoms with Crippen LogP contribution in [0.25, 0.3) is 0 Å². The van der Waals surface area contributed by atoms with Gasteiger partial charge >= 0.3 is 6.36 Å². The standard InChI is InChI=1S/C17H18F3N3O.HI/c1-11-7-8-13(12(2)9-11)10-22-16(21)23-14-5-3-4-6-15(14)24-17(18,19)20;/h3-9H,10H2,1-2H3,(H3,21,22,23);1H.